The van der Waals surface area contributed by atoms with Crippen molar-refractivity contribution in [3.8, 4) is 0 Å². The van der Waals surface area contributed by atoms with E-state index < -0.39 is 0 Å². The lowest BCUT2D eigenvalue weighted by Gasteiger charge is -2.22. The van der Waals surface area contributed by atoms with Gasteiger partial charge in [0.2, 0.25) is 0 Å². The third-order valence-corrected chi connectivity index (χ3v) is 3.82. The number of carbonyl (C=O) groups excluding carboxylic acids is 1. The quantitative estimate of drug-likeness (QED) is 0.702. The molecule has 1 saturated carbocycles. The van der Waals surface area contributed by atoms with Crippen LogP contribution in [0, 0.1) is 5.92 Å². The van der Waals surface area contributed by atoms with Crippen molar-refractivity contribution in [1.29, 1.82) is 0 Å². The van der Waals surface area contributed by atoms with Crippen LogP contribution < -0.4 is 0 Å². The number of benzene rings is 1. The number of nitrogens with zero attached hydrogens (tertiary/aromatic N) is 1. The Balaban J connectivity index is 1.92. The first kappa shape index (κ1) is 14.5. The Morgan fingerprint density at radius 3 is 2.47 bits per heavy atom. The highest BCUT2D eigenvalue weighted by molar-refractivity contribution is 6.30. The molecule has 1 aliphatic carbocycles. The number of Topliss-reactive ketones (excluding diaryl/α,β-unsaturated/α-hetero) is 1. The summed E-state index contributed by atoms with van der Waals surface area (Å²) >= 11 is 5.85. The van der Waals surface area contributed by atoms with E-state index in [-0.39, 0.29) is 5.78 Å². The summed E-state index contributed by atoms with van der Waals surface area (Å²) in [4.78, 5) is 14.6. The van der Waals surface area contributed by atoms with E-state index in [1.807, 2.05) is 12.1 Å². The average Bonchev–Trinajstić information content (AvgIpc) is 3.19. The zero-order valence-electron chi connectivity index (χ0n) is 11.7. The van der Waals surface area contributed by atoms with Gasteiger partial charge in [0.25, 0.3) is 0 Å². The SMILES string of the molecule is CC(C)CCN(CC(=O)c1ccc(Cl)cc1)C1CC1. The Bertz CT molecular complexity index is 423. The van der Waals surface area contributed by atoms with Crippen molar-refractivity contribution in [3.05, 3.63) is 34.9 Å². The van der Waals surface area contributed by atoms with Gasteiger partial charge in [-0.05, 0) is 56.0 Å². The van der Waals surface area contributed by atoms with Crippen molar-refractivity contribution in [2.45, 2.75) is 39.2 Å². The third-order valence-electron chi connectivity index (χ3n) is 3.57. The molecule has 104 valence electrons. The average molecular weight is 280 g/mol. The molecule has 0 bridgehead atoms. The summed E-state index contributed by atoms with van der Waals surface area (Å²) in [5.74, 6) is 0.888. The Hall–Kier alpha value is -0.860. The fourth-order valence-corrected chi connectivity index (χ4v) is 2.29. The molecule has 1 fully saturated rings. The lowest BCUT2D eigenvalue weighted by molar-refractivity contribution is 0.0920. The zero-order valence-corrected chi connectivity index (χ0v) is 12.5. The lowest BCUT2D eigenvalue weighted by atomic mass is 10.1. The van der Waals surface area contributed by atoms with E-state index in [0.29, 0.717) is 23.5 Å². The smallest absolute Gasteiger partial charge is 0.176 e. The topological polar surface area (TPSA) is 20.3 Å². The van der Waals surface area contributed by atoms with Crippen molar-refractivity contribution in [2.24, 2.45) is 5.92 Å². The first-order valence-electron chi connectivity index (χ1n) is 7.09. The van der Waals surface area contributed by atoms with Crippen LogP contribution in [0.3, 0.4) is 0 Å². The van der Waals surface area contributed by atoms with E-state index >= 15 is 0 Å². The van der Waals surface area contributed by atoms with Crippen LogP contribution in [-0.4, -0.2) is 29.8 Å². The predicted octanol–water partition coefficient (Wildman–Crippen LogP) is 4.03. The van der Waals surface area contributed by atoms with Crippen molar-refractivity contribution < 1.29 is 4.79 Å². The molecule has 1 aromatic rings. The number of hydrogen-bond donors (Lipinski definition) is 0. The number of hydrogen-bond acceptors (Lipinski definition) is 2. The van der Waals surface area contributed by atoms with Crippen LogP contribution >= 0.6 is 11.6 Å². The van der Waals surface area contributed by atoms with Gasteiger partial charge < -0.3 is 0 Å². The molecular formula is C16H22ClNO. The summed E-state index contributed by atoms with van der Waals surface area (Å²) in [6.45, 7) is 6.03. The highest BCUT2D eigenvalue weighted by Crippen LogP contribution is 2.27. The molecule has 19 heavy (non-hydrogen) atoms. The van der Waals surface area contributed by atoms with Gasteiger partial charge in [-0.1, -0.05) is 25.4 Å². The van der Waals surface area contributed by atoms with Gasteiger partial charge in [0, 0.05) is 16.6 Å². The highest BCUT2D eigenvalue weighted by atomic mass is 35.5. The Kier molecular flexibility index (Phi) is 5.00. The standard InChI is InChI=1S/C16H22ClNO/c1-12(2)9-10-18(15-7-8-15)11-16(19)13-3-5-14(17)6-4-13/h3-6,12,15H,7-11H2,1-2H3. The molecule has 0 N–H and O–H groups in total. The first-order chi connectivity index (χ1) is 9.06. The molecule has 3 heteroatoms. The largest absolute Gasteiger partial charge is 0.293 e. The fraction of sp³-hybridized carbons (Fsp3) is 0.562. The van der Waals surface area contributed by atoms with Crippen molar-refractivity contribution in [3.63, 3.8) is 0 Å². The third kappa shape index (κ3) is 4.63. The van der Waals surface area contributed by atoms with Gasteiger partial charge in [-0.3, -0.25) is 9.69 Å². The zero-order chi connectivity index (χ0) is 13.8. The van der Waals surface area contributed by atoms with Crippen LogP contribution in [0.2, 0.25) is 5.02 Å². The normalized spacial score (nSPS) is 15.2. The van der Waals surface area contributed by atoms with Crippen molar-refractivity contribution >= 4 is 17.4 Å². The van der Waals surface area contributed by atoms with Gasteiger partial charge in [0.1, 0.15) is 0 Å². The molecule has 1 aromatic carbocycles. The summed E-state index contributed by atoms with van der Waals surface area (Å²) in [6, 6.07) is 7.83. The second-order valence-electron chi connectivity index (χ2n) is 5.81. The summed E-state index contributed by atoms with van der Waals surface area (Å²) < 4.78 is 0. The summed E-state index contributed by atoms with van der Waals surface area (Å²) in [5.41, 5.74) is 0.764. The maximum absolute atomic E-state index is 12.3. The number of ketones is 1. The van der Waals surface area contributed by atoms with E-state index in [0.717, 1.165) is 18.5 Å². The minimum Gasteiger partial charge on any atom is -0.293 e. The fourth-order valence-electron chi connectivity index (χ4n) is 2.17. The summed E-state index contributed by atoms with van der Waals surface area (Å²) in [6.07, 6.45) is 3.64. The molecule has 1 aliphatic rings. The van der Waals surface area contributed by atoms with E-state index in [2.05, 4.69) is 18.7 Å². The molecular weight excluding hydrogens is 258 g/mol. The van der Waals surface area contributed by atoms with Crippen LogP contribution in [0.5, 0.6) is 0 Å². The lowest BCUT2D eigenvalue weighted by Crippen LogP contribution is -2.33. The molecule has 0 amide bonds. The van der Waals surface area contributed by atoms with E-state index in [4.69, 9.17) is 11.6 Å². The summed E-state index contributed by atoms with van der Waals surface area (Å²) in [5, 5.41) is 0.676. The van der Waals surface area contributed by atoms with Crippen LogP contribution in [0.1, 0.15) is 43.5 Å². The Morgan fingerprint density at radius 1 is 1.32 bits per heavy atom. The van der Waals surface area contributed by atoms with E-state index in [1.54, 1.807) is 12.1 Å². The monoisotopic (exact) mass is 279 g/mol. The number of halogens is 1. The molecule has 2 nitrogen and oxygen atoms in total. The van der Waals surface area contributed by atoms with Crippen LogP contribution in [-0.2, 0) is 0 Å². The maximum atomic E-state index is 12.3. The molecule has 0 aromatic heterocycles. The minimum absolute atomic E-state index is 0.201. The number of rotatable bonds is 7. The van der Waals surface area contributed by atoms with Crippen LogP contribution in [0.4, 0.5) is 0 Å². The molecule has 0 atom stereocenters. The van der Waals surface area contributed by atoms with Gasteiger partial charge in [-0.25, -0.2) is 0 Å². The van der Waals surface area contributed by atoms with Crippen LogP contribution in [0.25, 0.3) is 0 Å². The maximum Gasteiger partial charge on any atom is 0.176 e. The highest BCUT2D eigenvalue weighted by Gasteiger charge is 2.30. The molecule has 0 saturated heterocycles. The second-order valence-corrected chi connectivity index (χ2v) is 6.25. The molecule has 0 aliphatic heterocycles. The van der Waals surface area contributed by atoms with Gasteiger partial charge >= 0.3 is 0 Å². The number of carbonyl (C=O) groups is 1. The van der Waals surface area contributed by atoms with E-state index in [9.17, 15) is 4.79 Å². The molecule has 2 rings (SSSR count). The predicted molar refractivity (Wildman–Crippen MR) is 79.8 cm³/mol. The van der Waals surface area contributed by atoms with Crippen molar-refractivity contribution in [1.82, 2.24) is 4.90 Å². The molecule has 0 radical (unpaired) electrons. The van der Waals surface area contributed by atoms with Gasteiger partial charge in [0.15, 0.2) is 5.78 Å². The minimum atomic E-state index is 0.201. The van der Waals surface area contributed by atoms with Crippen molar-refractivity contribution in [2.75, 3.05) is 13.1 Å². The van der Waals surface area contributed by atoms with Gasteiger partial charge in [0.05, 0.1) is 6.54 Å². The Morgan fingerprint density at radius 2 is 1.95 bits per heavy atom. The molecule has 0 heterocycles. The van der Waals surface area contributed by atoms with Crippen LogP contribution in [0.15, 0.2) is 24.3 Å². The summed E-state index contributed by atoms with van der Waals surface area (Å²) in [7, 11) is 0. The first-order valence-corrected chi connectivity index (χ1v) is 7.47. The second kappa shape index (κ2) is 6.53. The van der Waals surface area contributed by atoms with Gasteiger partial charge in [-0.15, -0.1) is 0 Å². The Labute approximate surface area is 120 Å². The van der Waals surface area contributed by atoms with Gasteiger partial charge in [-0.2, -0.15) is 0 Å². The van der Waals surface area contributed by atoms with E-state index in [1.165, 1.54) is 12.8 Å². The molecule has 0 unspecified atom stereocenters. The molecule has 0 spiro atoms.